The van der Waals surface area contributed by atoms with Crippen molar-refractivity contribution in [2.75, 3.05) is 33.2 Å². The smallest absolute Gasteiger partial charge is 0.0209 e. The Morgan fingerprint density at radius 3 is 2.17 bits per heavy atom. The van der Waals surface area contributed by atoms with Crippen LogP contribution in [0.5, 0.6) is 0 Å². The predicted octanol–water partition coefficient (Wildman–Crippen LogP) is 1.79. The summed E-state index contributed by atoms with van der Waals surface area (Å²) in [5.74, 6) is 0.770. The van der Waals surface area contributed by atoms with Crippen molar-refractivity contribution < 1.29 is 0 Å². The SMILES string of the molecule is CC(C)C(C)N1CCC(NC2CCN(C)CC2)C1. The van der Waals surface area contributed by atoms with Crippen LogP contribution in [0.1, 0.15) is 40.0 Å². The zero-order valence-electron chi connectivity index (χ0n) is 12.7. The average Bonchev–Trinajstić information content (AvgIpc) is 2.79. The van der Waals surface area contributed by atoms with E-state index in [1.54, 1.807) is 0 Å². The molecule has 2 aliphatic heterocycles. The minimum Gasteiger partial charge on any atom is -0.310 e. The first-order valence-electron chi connectivity index (χ1n) is 7.75. The number of nitrogens with one attached hydrogen (secondary N) is 1. The molecule has 0 spiro atoms. The van der Waals surface area contributed by atoms with E-state index in [2.05, 4.69) is 42.9 Å². The summed E-state index contributed by atoms with van der Waals surface area (Å²) in [5.41, 5.74) is 0. The van der Waals surface area contributed by atoms with E-state index in [0.29, 0.717) is 0 Å². The summed E-state index contributed by atoms with van der Waals surface area (Å²) in [6.07, 6.45) is 3.99. The molecule has 3 heteroatoms. The lowest BCUT2D eigenvalue weighted by Crippen LogP contribution is -2.46. The van der Waals surface area contributed by atoms with Crippen LogP contribution in [0.4, 0.5) is 0 Å². The Morgan fingerprint density at radius 1 is 0.944 bits per heavy atom. The third kappa shape index (κ3) is 3.69. The van der Waals surface area contributed by atoms with Gasteiger partial charge in [-0.1, -0.05) is 13.8 Å². The maximum atomic E-state index is 3.89. The van der Waals surface area contributed by atoms with Crippen LogP contribution in [0.2, 0.25) is 0 Å². The molecule has 2 rings (SSSR count). The minimum atomic E-state index is 0.731. The van der Waals surface area contributed by atoms with Crippen molar-refractivity contribution in [3.63, 3.8) is 0 Å². The van der Waals surface area contributed by atoms with Crippen molar-refractivity contribution in [2.24, 2.45) is 5.92 Å². The lowest BCUT2D eigenvalue weighted by molar-refractivity contribution is 0.194. The molecule has 2 aliphatic rings. The fraction of sp³-hybridized carbons (Fsp3) is 1.00. The number of hydrogen-bond donors (Lipinski definition) is 1. The Kier molecular flexibility index (Phi) is 5.05. The Morgan fingerprint density at radius 2 is 1.56 bits per heavy atom. The van der Waals surface area contributed by atoms with E-state index >= 15 is 0 Å². The van der Waals surface area contributed by atoms with Gasteiger partial charge in [0.1, 0.15) is 0 Å². The number of likely N-dealkylation sites (tertiary alicyclic amines) is 2. The molecular weight excluding hydrogens is 222 g/mol. The molecular formula is C15H31N3. The Bertz CT molecular complexity index is 246. The molecule has 18 heavy (non-hydrogen) atoms. The third-order valence-electron chi connectivity index (χ3n) is 4.95. The highest BCUT2D eigenvalue weighted by molar-refractivity contribution is 4.88. The van der Waals surface area contributed by atoms with Crippen LogP contribution in [-0.2, 0) is 0 Å². The lowest BCUT2D eigenvalue weighted by Gasteiger charge is -2.32. The van der Waals surface area contributed by atoms with Gasteiger partial charge in [-0.2, -0.15) is 0 Å². The van der Waals surface area contributed by atoms with Crippen LogP contribution in [0.15, 0.2) is 0 Å². The molecule has 2 unspecified atom stereocenters. The van der Waals surface area contributed by atoms with E-state index in [4.69, 9.17) is 0 Å². The normalized spacial score (nSPS) is 30.2. The molecule has 0 aromatic heterocycles. The summed E-state index contributed by atoms with van der Waals surface area (Å²) in [4.78, 5) is 5.11. The van der Waals surface area contributed by atoms with E-state index in [9.17, 15) is 0 Å². The van der Waals surface area contributed by atoms with Crippen molar-refractivity contribution >= 4 is 0 Å². The van der Waals surface area contributed by atoms with Gasteiger partial charge < -0.3 is 10.2 Å². The van der Waals surface area contributed by atoms with E-state index < -0.39 is 0 Å². The standard InChI is InChI=1S/C15H31N3/c1-12(2)13(3)18-10-7-15(11-18)16-14-5-8-17(4)9-6-14/h12-16H,5-11H2,1-4H3. The van der Waals surface area contributed by atoms with Crippen LogP contribution in [0, 0.1) is 5.92 Å². The van der Waals surface area contributed by atoms with Crippen molar-refractivity contribution in [2.45, 2.75) is 58.2 Å². The Balaban J connectivity index is 1.72. The summed E-state index contributed by atoms with van der Waals surface area (Å²) < 4.78 is 0. The Hall–Kier alpha value is -0.120. The first-order valence-corrected chi connectivity index (χ1v) is 7.75. The first-order chi connectivity index (χ1) is 8.56. The average molecular weight is 253 g/mol. The molecule has 0 aliphatic carbocycles. The minimum absolute atomic E-state index is 0.731. The number of hydrogen-bond acceptors (Lipinski definition) is 3. The van der Waals surface area contributed by atoms with Gasteiger partial charge in [-0.15, -0.1) is 0 Å². The van der Waals surface area contributed by atoms with Gasteiger partial charge >= 0.3 is 0 Å². The van der Waals surface area contributed by atoms with Crippen LogP contribution < -0.4 is 5.32 Å². The van der Waals surface area contributed by atoms with E-state index in [-0.39, 0.29) is 0 Å². The van der Waals surface area contributed by atoms with Gasteiger partial charge in [0.25, 0.3) is 0 Å². The molecule has 2 atom stereocenters. The van der Waals surface area contributed by atoms with Crippen LogP contribution in [0.25, 0.3) is 0 Å². The van der Waals surface area contributed by atoms with Gasteiger partial charge in [0.05, 0.1) is 0 Å². The van der Waals surface area contributed by atoms with Crippen LogP contribution >= 0.6 is 0 Å². The summed E-state index contributed by atoms with van der Waals surface area (Å²) in [6, 6.07) is 2.23. The van der Waals surface area contributed by atoms with Crippen molar-refractivity contribution in [3.8, 4) is 0 Å². The van der Waals surface area contributed by atoms with Crippen molar-refractivity contribution in [1.82, 2.24) is 15.1 Å². The molecule has 0 amide bonds. The number of piperidine rings is 1. The predicted molar refractivity (Wildman–Crippen MR) is 77.9 cm³/mol. The molecule has 1 N–H and O–H groups in total. The largest absolute Gasteiger partial charge is 0.310 e. The molecule has 0 saturated carbocycles. The maximum Gasteiger partial charge on any atom is 0.0209 e. The van der Waals surface area contributed by atoms with Gasteiger partial charge in [-0.3, -0.25) is 4.90 Å². The second-order valence-electron chi connectivity index (χ2n) is 6.71. The Labute approximate surface area is 113 Å². The summed E-state index contributed by atoms with van der Waals surface area (Å²) in [7, 11) is 2.23. The second kappa shape index (κ2) is 6.36. The van der Waals surface area contributed by atoms with Gasteiger partial charge in [-0.05, 0) is 52.2 Å². The fourth-order valence-corrected chi connectivity index (χ4v) is 3.22. The highest BCUT2D eigenvalue weighted by atomic mass is 15.2. The topological polar surface area (TPSA) is 18.5 Å². The molecule has 0 aromatic carbocycles. The maximum absolute atomic E-state index is 3.89. The molecule has 2 saturated heterocycles. The quantitative estimate of drug-likeness (QED) is 0.824. The van der Waals surface area contributed by atoms with E-state index in [1.165, 1.54) is 45.4 Å². The molecule has 0 bridgehead atoms. The number of rotatable bonds is 4. The van der Waals surface area contributed by atoms with Crippen molar-refractivity contribution in [1.29, 1.82) is 0 Å². The van der Waals surface area contributed by atoms with Crippen LogP contribution in [0.3, 0.4) is 0 Å². The zero-order valence-corrected chi connectivity index (χ0v) is 12.7. The van der Waals surface area contributed by atoms with Crippen molar-refractivity contribution in [3.05, 3.63) is 0 Å². The first kappa shape index (κ1) is 14.3. The zero-order chi connectivity index (χ0) is 13.1. The molecule has 0 radical (unpaired) electrons. The third-order valence-corrected chi connectivity index (χ3v) is 4.95. The van der Waals surface area contributed by atoms with Gasteiger partial charge in [0.15, 0.2) is 0 Å². The van der Waals surface area contributed by atoms with Gasteiger partial charge in [0, 0.05) is 31.2 Å². The monoisotopic (exact) mass is 253 g/mol. The second-order valence-corrected chi connectivity index (χ2v) is 6.71. The molecule has 106 valence electrons. The molecule has 0 aromatic rings. The molecule has 2 heterocycles. The van der Waals surface area contributed by atoms with E-state index in [1.807, 2.05) is 0 Å². The molecule has 2 fully saturated rings. The van der Waals surface area contributed by atoms with Gasteiger partial charge in [-0.25, -0.2) is 0 Å². The lowest BCUT2D eigenvalue weighted by atomic mass is 10.0. The summed E-state index contributed by atoms with van der Waals surface area (Å²) in [6.45, 7) is 12.1. The highest BCUT2D eigenvalue weighted by Gasteiger charge is 2.29. The highest BCUT2D eigenvalue weighted by Crippen LogP contribution is 2.19. The summed E-state index contributed by atoms with van der Waals surface area (Å²) in [5, 5.41) is 3.89. The summed E-state index contributed by atoms with van der Waals surface area (Å²) >= 11 is 0. The van der Waals surface area contributed by atoms with Gasteiger partial charge in [0.2, 0.25) is 0 Å². The number of nitrogens with zero attached hydrogens (tertiary/aromatic N) is 2. The van der Waals surface area contributed by atoms with E-state index in [0.717, 1.165) is 24.0 Å². The van der Waals surface area contributed by atoms with Crippen LogP contribution in [-0.4, -0.2) is 61.2 Å². The fourth-order valence-electron chi connectivity index (χ4n) is 3.22. The molecule has 3 nitrogen and oxygen atoms in total.